The number of amides is 1. The van der Waals surface area contributed by atoms with Gasteiger partial charge in [0.25, 0.3) is 5.54 Å². The fourth-order valence-corrected chi connectivity index (χ4v) is 5.04. The summed E-state index contributed by atoms with van der Waals surface area (Å²) in [7, 11) is 0. The number of fused-ring (bicyclic) bond motifs is 1. The Morgan fingerprint density at radius 3 is 2.19 bits per heavy atom. The van der Waals surface area contributed by atoms with Crippen molar-refractivity contribution in [3.63, 3.8) is 0 Å². The Labute approximate surface area is 161 Å². The molecule has 7 heteroatoms. The van der Waals surface area contributed by atoms with Gasteiger partial charge < -0.3 is 5.32 Å². The summed E-state index contributed by atoms with van der Waals surface area (Å²) < 4.78 is 0. The number of nitro groups is 1. The van der Waals surface area contributed by atoms with E-state index < -0.39 is 11.0 Å². The van der Waals surface area contributed by atoms with Crippen molar-refractivity contribution in [1.29, 1.82) is 5.41 Å². The van der Waals surface area contributed by atoms with E-state index in [9.17, 15) is 14.9 Å². The number of amidine groups is 1. The van der Waals surface area contributed by atoms with Crippen molar-refractivity contribution in [2.45, 2.75) is 24.8 Å². The van der Waals surface area contributed by atoms with Crippen LogP contribution < -0.4 is 5.32 Å². The number of hydrogen-bond donors (Lipinski definition) is 2. The van der Waals surface area contributed by atoms with Crippen LogP contribution in [-0.4, -0.2) is 22.3 Å². The molecule has 0 saturated carbocycles. The van der Waals surface area contributed by atoms with Crippen LogP contribution >= 0.6 is 11.8 Å². The summed E-state index contributed by atoms with van der Waals surface area (Å²) in [4.78, 5) is 25.4. The Kier molecular flexibility index (Phi) is 3.89. The smallest absolute Gasteiger partial charge is 0.273 e. The van der Waals surface area contributed by atoms with E-state index in [1.807, 2.05) is 48.5 Å². The van der Waals surface area contributed by atoms with E-state index >= 15 is 0 Å². The third-order valence-corrected chi connectivity index (χ3v) is 6.47. The first kappa shape index (κ1) is 17.7. The highest BCUT2D eigenvalue weighted by Crippen LogP contribution is 2.63. The standard InChI is InChI=1S/C20H19N3O3S/c1-19(17(24)22-18(21)27-2)11-20(23(25)26)14-9-5-3-7-12(14)16(19)13-8-4-6-10-15(13)20/h3-10,16H,11H2,1-2H3,(H2,21,22,24). The number of nitrogens with zero attached hydrogens (tertiary/aromatic N) is 1. The van der Waals surface area contributed by atoms with Crippen molar-refractivity contribution in [3.05, 3.63) is 80.9 Å². The molecule has 2 aromatic carbocycles. The summed E-state index contributed by atoms with van der Waals surface area (Å²) in [6.45, 7) is 1.78. The van der Waals surface area contributed by atoms with E-state index in [1.165, 1.54) is 0 Å². The number of carbonyl (C=O) groups is 1. The number of thioether (sulfide) groups is 1. The Balaban J connectivity index is 2.01. The van der Waals surface area contributed by atoms with Gasteiger partial charge in [0.05, 0.1) is 5.41 Å². The summed E-state index contributed by atoms with van der Waals surface area (Å²) in [5, 5.41) is 23.0. The van der Waals surface area contributed by atoms with Crippen molar-refractivity contribution in [2.75, 3.05) is 6.26 Å². The third kappa shape index (κ3) is 2.21. The second-order valence-corrected chi connectivity index (χ2v) is 8.12. The molecule has 3 aliphatic carbocycles. The van der Waals surface area contributed by atoms with E-state index in [-0.39, 0.29) is 28.3 Å². The molecule has 6 nitrogen and oxygen atoms in total. The van der Waals surface area contributed by atoms with E-state index in [1.54, 1.807) is 13.2 Å². The summed E-state index contributed by atoms with van der Waals surface area (Å²) in [6, 6.07) is 14.7. The molecule has 27 heavy (non-hydrogen) atoms. The molecule has 2 bridgehead atoms. The minimum absolute atomic E-state index is 0.0411. The van der Waals surface area contributed by atoms with E-state index in [4.69, 9.17) is 5.41 Å². The third-order valence-electron chi connectivity index (χ3n) is 5.96. The van der Waals surface area contributed by atoms with Gasteiger partial charge in [-0.2, -0.15) is 0 Å². The van der Waals surface area contributed by atoms with Crippen LogP contribution in [0.15, 0.2) is 48.5 Å². The molecule has 138 valence electrons. The zero-order valence-electron chi connectivity index (χ0n) is 15.0. The average molecular weight is 381 g/mol. The van der Waals surface area contributed by atoms with Crippen molar-refractivity contribution >= 4 is 22.8 Å². The number of nitrogens with one attached hydrogen (secondary N) is 2. The van der Waals surface area contributed by atoms with Crippen LogP contribution in [0.1, 0.15) is 41.5 Å². The number of carbonyl (C=O) groups excluding carboxylic acids is 1. The molecule has 0 heterocycles. The monoisotopic (exact) mass is 381 g/mol. The lowest BCUT2D eigenvalue weighted by Gasteiger charge is -2.52. The quantitative estimate of drug-likeness (QED) is 0.360. The van der Waals surface area contributed by atoms with Gasteiger partial charge in [-0.05, 0) is 24.3 Å². The van der Waals surface area contributed by atoms with Crippen LogP contribution in [-0.2, 0) is 10.3 Å². The van der Waals surface area contributed by atoms with E-state index in [0.717, 1.165) is 22.9 Å². The largest absolute Gasteiger partial charge is 0.305 e. The van der Waals surface area contributed by atoms with Gasteiger partial charge in [0.15, 0.2) is 5.17 Å². The number of benzene rings is 2. The predicted molar refractivity (Wildman–Crippen MR) is 105 cm³/mol. The minimum Gasteiger partial charge on any atom is -0.305 e. The molecular formula is C20H19N3O3S. The highest BCUT2D eigenvalue weighted by molar-refractivity contribution is 8.13. The Morgan fingerprint density at radius 1 is 1.19 bits per heavy atom. The fourth-order valence-electron chi connectivity index (χ4n) is 4.84. The van der Waals surface area contributed by atoms with Crippen LogP contribution in [0, 0.1) is 20.9 Å². The lowest BCUT2D eigenvalue weighted by molar-refractivity contribution is -0.573. The van der Waals surface area contributed by atoms with Crippen LogP contribution in [0.4, 0.5) is 0 Å². The lowest BCUT2D eigenvalue weighted by Crippen LogP contribution is -2.58. The zero-order chi connectivity index (χ0) is 19.4. The Bertz CT molecular complexity index is 942. The van der Waals surface area contributed by atoms with Crippen LogP contribution in [0.25, 0.3) is 0 Å². The van der Waals surface area contributed by atoms with Crippen molar-refractivity contribution in [3.8, 4) is 0 Å². The van der Waals surface area contributed by atoms with Crippen LogP contribution in [0.2, 0.25) is 0 Å². The average Bonchev–Trinajstić information content (AvgIpc) is 2.67. The normalized spacial score (nSPS) is 27.4. The maximum Gasteiger partial charge on any atom is 0.273 e. The zero-order valence-corrected chi connectivity index (χ0v) is 15.8. The van der Waals surface area contributed by atoms with Crippen LogP contribution in [0.3, 0.4) is 0 Å². The van der Waals surface area contributed by atoms with Gasteiger partial charge >= 0.3 is 0 Å². The molecule has 1 unspecified atom stereocenters. The van der Waals surface area contributed by atoms with Gasteiger partial charge in [-0.1, -0.05) is 60.3 Å². The van der Waals surface area contributed by atoms with Crippen LogP contribution in [0.5, 0.6) is 0 Å². The molecule has 0 spiro atoms. The lowest BCUT2D eigenvalue weighted by atomic mass is 9.49. The highest BCUT2D eigenvalue weighted by Gasteiger charge is 2.66. The SMILES string of the molecule is CSC(=N)NC(=O)C1(C)CC2([N+](=O)[O-])c3ccccc3C1c1ccccc12. The van der Waals surface area contributed by atoms with Crippen molar-refractivity contribution in [1.82, 2.24) is 5.32 Å². The molecule has 0 aromatic heterocycles. The summed E-state index contributed by atoms with van der Waals surface area (Å²) in [5.41, 5.74) is 0.501. The molecule has 0 aliphatic heterocycles. The van der Waals surface area contributed by atoms with Gasteiger partial charge in [-0.3, -0.25) is 20.3 Å². The molecule has 2 N–H and O–H groups in total. The van der Waals surface area contributed by atoms with E-state index in [0.29, 0.717) is 11.1 Å². The molecule has 0 saturated heterocycles. The number of rotatable bonds is 2. The van der Waals surface area contributed by atoms with Crippen molar-refractivity contribution in [2.24, 2.45) is 5.41 Å². The molecule has 2 aromatic rings. The summed E-state index contributed by atoms with van der Waals surface area (Å²) >= 11 is 1.13. The first-order valence-electron chi connectivity index (χ1n) is 8.63. The molecule has 0 radical (unpaired) electrons. The molecular weight excluding hydrogens is 362 g/mol. The second-order valence-electron chi connectivity index (χ2n) is 7.31. The van der Waals surface area contributed by atoms with Gasteiger partial charge in [0, 0.05) is 28.4 Å². The molecule has 1 amide bonds. The van der Waals surface area contributed by atoms with Gasteiger partial charge in [0.2, 0.25) is 5.91 Å². The molecule has 0 fully saturated rings. The molecule has 1 atom stereocenters. The van der Waals surface area contributed by atoms with Gasteiger partial charge in [-0.25, -0.2) is 0 Å². The maximum atomic E-state index is 13.2. The van der Waals surface area contributed by atoms with Gasteiger partial charge in [0.1, 0.15) is 0 Å². The summed E-state index contributed by atoms with van der Waals surface area (Å²) in [5.74, 6) is -0.636. The maximum absolute atomic E-state index is 13.2. The molecule has 5 rings (SSSR count). The topological polar surface area (TPSA) is 96.1 Å². The first-order valence-corrected chi connectivity index (χ1v) is 9.86. The number of hydrogen-bond acceptors (Lipinski definition) is 5. The van der Waals surface area contributed by atoms with E-state index in [2.05, 4.69) is 5.32 Å². The second kappa shape index (κ2) is 5.92. The highest BCUT2D eigenvalue weighted by atomic mass is 32.2. The Hall–Kier alpha value is -2.67. The fraction of sp³-hybridized carbons (Fsp3) is 0.300. The van der Waals surface area contributed by atoms with Gasteiger partial charge in [-0.15, -0.1) is 0 Å². The predicted octanol–water partition coefficient (Wildman–Crippen LogP) is 3.48. The Morgan fingerprint density at radius 2 is 1.70 bits per heavy atom. The minimum atomic E-state index is -1.46. The summed E-state index contributed by atoms with van der Waals surface area (Å²) in [6.07, 6.45) is 1.78. The van der Waals surface area contributed by atoms with Crippen molar-refractivity contribution < 1.29 is 9.72 Å². The first-order chi connectivity index (χ1) is 12.9. The molecule has 3 aliphatic rings.